The van der Waals surface area contributed by atoms with Gasteiger partial charge in [0.05, 0.1) is 17.5 Å². The first-order valence-corrected chi connectivity index (χ1v) is 13.5. The zero-order chi connectivity index (χ0) is 32.2. The molecule has 0 saturated carbocycles. The van der Waals surface area contributed by atoms with Crippen LogP contribution in [0.3, 0.4) is 0 Å². The van der Waals surface area contributed by atoms with Crippen LogP contribution in [0.5, 0.6) is 0 Å². The number of aromatic nitrogens is 1. The number of aliphatic carboxylic acids is 1. The number of pyridine rings is 1. The Kier molecular flexibility index (Phi) is 9.75. The van der Waals surface area contributed by atoms with Crippen molar-refractivity contribution in [3.63, 3.8) is 0 Å². The van der Waals surface area contributed by atoms with Gasteiger partial charge in [-0.1, -0.05) is 47.5 Å². The third kappa shape index (κ3) is 7.80. The van der Waals surface area contributed by atoms with Crippen LogP contribution in [0.15, 0.2) is 72.9 Å². The minimum atomic E-state index is -5.14. The molecule has 0 fully saturated rings. The Morgan fingerprint density at radius 1 is 0.841 bits per heavy atom. The van der Waals surface area contributed by atoms with Gasteiger partial charge in [0.25, 0.3) is 5.91 Å². The van der Waals surface area contributed by atoms with Gasteiger partial charge >= 0.3 is 18.3 Å². The number of halogens is 8. The summed E-state index contributed by atoms with van der Waals surface area (Å²) in [6.45, 7) is -0.728. The van der Waals surface area contributed by atoms with E-state index in [0.717, 1.165) is 12.3 Å². The molecule has 44 heavy (non-hydrogen) atoms. The molecular formula is C30H21Cl2F6N3O3. The molecule has 1 aromatic heterocycles. The Balaban J connectivity index is 1.70. The van der Waals surface area contributed by atoms with E-state index in [1.807, 2.05) is 0 Å². The second kappa shape index (κ2) is 13.1. The highest BCUT2D eigenvalue weighted by molar-refractivity contribution is 6.39. The van der Waals surface area contributed by atoms with Crippen LogP contribution in [-0.2, 0) is 23.7 Å². The minimum Gasteiger partial charge on any atom is -0.481 e. The average Bonchev–Trinajstić information content (AvgIpc) is 2.95. The summed E-state index contributed by atoms with van der Waals surface area (Å²) in [5.74, 6) is -1.91. The van der Waals surface area contributed by atoms with Gasteiger partial charge in [-0.15, -0.1) is 0 Å². The summed E-state index contributed by atoms with van der Waals surface area (Å²) in [6, 6.07) is 14.3. The first-order valence-electron chi connectivity index (χ1n) is 12.7. The topological polar surface area (TPSA) is 91.3 Å². The van der Waals surface area contributed by atoms with Gasteiger partial charge in [0, 0.05) is 46.1 Å². The van der Waals surface area contributed by atoms with E-state index in [1.54, 1.807) is 42.5 Å². The van der Waals surface area contributed by atoms with Crippen molar-refractivity contribution in [1.29, 1.82) is 0 Å². The van der Waals surface area contributed by atoms with Crippen LogP contribution < -0.4 is 10.6 Å². The number of nitrogens with zero attached hydrogens (tertiary/aromatic N) is 1. The fraction of sp³-hybridized carbons (Fsp3) is 0.167. The van der Waals surface area contributed by atoms with E-state index < -0.39 is 53.0 Å². The highest BCUT2D eigenvalue weighted by Crippen LogP contribution is 2.42. The number of amides is 1. The molecule has 0 bridgehead atoms. The maximum atomic E-state index is 14.2. The van der Waals surface area contributed by atoms with E-state index in [4.69, 9.17) is 28.3 Å². The van der Waals surface area contributed by atoms with E-state index in [-0.39, 0.29) is 30.3 Å². The summed E-state index contributed by atoms with van der Waals surface area (Å²) >= 11 is 12.5. The van der Waals surface area contributed by atoms with Crippen molar-refractivity contribution in [3.8, 4) is 22.3 Å². The fourth-order valence-corrected chi connectivity index (χ4v) is 4.93. The normalized spacial score (nSPS) is 11.7. The van der Waals surface area contributed by atoms with Gasteiger partial charge in [0.1, 0.15) is 5.69 Å². The highest BCUT2D eigenvalue weighted by atomic mass is 35.5. The largest absolute Gasteiger partial charge is 0.481 e. The van der Waals surface area contributed by atoms with Gasteiger partial charge < -0.3 is 15.7 Å². The third-order valence-electron chi connectivity index (χ3n) is 6.42. The molecule has 0 saturated heterocycles. The van der Waals surface area contributed by atoms with E-state index in [9.17, 15) is 35.9 Å². The van der Waals surface area contributed by atoms with Crippen molar-refractivity contribution < 1.29 is 41.0 Å². The van der Waals surface area contributed by atoms with Crippen LogP contribution in [0.4, 0.5) is 32.0 Å². The molecule has 6 nitrogen and oxygen atoms in total. The Bertz CT molecular complexity index is 1660. The maximum absolute atomic E-state index is 14.2. The first kappa shape index (κ1) is 32.6. The molecule has 1 amide bonds. The lowest BCUT2D eigenvalue weighted by Gasteiger charge is -2.21. The fourth-order valence-electron chi connectivity index (χ4n) is 4.32. The van der Waals surface area contributed by atoms with Crippen molar-refractivity contribution in [2.75, 3.05) is 11.9 Å². The summed E-state index contributed by atoms with van der Waals surface area (Å²) in [7, 11) is 0. The molecule has 4 rings (SSSR count). The predicted molar refractivity (Wildman–Crippen MR) is 153 cm³/mol. The molecule has 1 heterocycles. The van der Waals surface area contributed by atoms with Gasteiger partial charge in [-0.3, -0.25) is 14.6 Å². The van der Waals surface area contributed by atoms with Crippen molar-refractivity contribution in [1.82, 2.24) is 10.3 Å². The Labute approximate surface area is 256 Å². The van der Waals surface area contributed by atoms with Gasteiger partial charge in [0.15, 0.2) is 0 Å². The molecule has 0 aliphatic heterocycles. The standard InChI is InChI=1S/C30H21Cl2F6N3O3/c31-23-2-1-3-24(32)27(23)16-4-7-19(8-5-16)40-15-21-20(12-18(29(33,34)35)13-22(21)30(36,37)38)17-6-9-25(41-14-17)28(44)39-11-10-26(42)43/h1-9,12-14,40H,10-11,15H2,(H,39,44)(H,42,43). The van der Waals surface area contributed by atoms with Crippen LogP contribution in [0.25, 0.3) is 22.3 Å². The van der Waals surface area contributed by atoms with Crippen molar-refractivity contribution >= 4 is 40.8 Å². The number of anilines is 1. The maximum Gasteiger partial charge on any atom is 0.416 e. The summed E-state index contributed by atoms with van der Waals surface area (Å²) in [5, 5.41) is 14.6. The van der Waals surface area contributed by atoms with E-state index in [2.05, 4.69) is 15.6 Å². The number of hydrogen-bond donors (Lipinski definition) is 3. The summed E-state index contributed by atoms with van der Waals surface area (Å²) in [5.41, 5.74) is -2.65. The predicted octanol–water partition coefficient (Wildman–Crippen LogP) is 8.58. The molecule has 0 unspecified atom stereocenters. The zero-order valence-electron chi connectivity index (χ0n) is 22.3. The summed E-state index contributed by atoms with van der Waals surface area (Å²) in [6.07, 6.45) is -9.61. The second-order valence-corrected chi connectivity index (χ2v) is 10.2. The Morgan fingerprint density at radius 2 is 1.48 bits per heavy atom. The molecule has 0 aliphatic carbocycles. The van der Waals surface area contributed by atoms with Gasteiger partial charge in [0.2, 0.25) is 0 Å². The average molecular weight is 656 g/mol. The van der Waals surface area contributed by atoms with Crippen LogP contribution in [-0.4, -0.2) is 28.5 Å². The molecule has 230 valence electrons. The van der Waals surface area contributed by atoms with Crippen LogP contribution >= 0.6 is 23.2 Å². The van der Waals surface area contributed by atoms with Crippen LogP contribution in [0.2, 0.25) is 10.0 Å². The van der Waals surface area contributed by atoms with Gasteiger partial charge in [-0.05, 0) is 59.2 Å². The second-order valence-electron chi connectivity index (χ2n) is 9.40. The number of nitrogens with one attached hydrogen (secondary N) is 2. The number of alkyl halides is 6. The van der Waals surface area contributed by atoms with Crippen LogP contribution in [0, 0.1) is 0 Å². The molecular weight excluding hydrogens is 635 g/mol. The Morgan fingerprint density at radius 3 is 2.02 bits per heavy atom. The molecule has 4 aromatic rings. The molecule has 0 spiro atoms. The lowest BCUT2D eigenvalue weighted by atomic mass is 9.92. The first-order chi connectivity index (χ1) is 20.6. The molecule has 0 aliphatic rings. The summed E-state index contributed by atoms with van der Waals surface area (Å²) < 4.78 is 83.6. The molecule has 0 atom stereocenters. The molecule has 0 radical (unpaired) electrons. The lowest BCUT2D eigenvalue weighted by molar-refractivity contribution is -0.143. The van der Waals surface area contributed by atoms with Crippen LogP contribution in [0.1, 0.15) is 33.6 Å². The van der Waals surface area contributed by atoms with Gasteiger partial charge in [-0.25, -0.2) is 0 Å². The Hall–Kier alpha value is -4.29. The van der Waals surface area contributed by atoms with E-state index in [1.165, 1.54) is 6.07 Å². The van der Waals surface area contributed by atoms with Crippen molar-refractivity contribution in [2.24, 2.45) is 0 Å². The smallest absolute Gasteiger partial charge is 0.416 e. The van der Waals surface area contributed by atoms with E-state index in [0.29, 0.717) is 32.9 Å². The third-order valence-corrected chi connectivity index (χ3v) is 7.05. The minimum absolute atomic E-state index is 0.0563. The molecule has 3 aromatic carbocycles. The molecule has 3 N–H and O–H groups in total. The SMILES string of the molecule is O=C(O)CCNC(=O)c1ccc(-c2cc(C(F)(F)F)cc(C(F)(F)F)c2CNc2ccc(-c3c(Cl)cccc3Cl)cc2)cn1. The number of carboxylic acid groups (broad SMARTS) is 1. The number of carbonyl (C=O) groups is 2. The number of carboxylic acids is 1. The lowest BCUT2D eigenvalue weighted by Crippen LogP contribution is -2.26. The van der Waals surface area contributed by atoms with Crippen molar-refractivity contribution in [2.45, 2.75) is 25.3 Å². The quantitative estimate of drug-likeness (QED) is 0.157. The van der Waals surface area contributed by atoms with Gasteiger partial charge in [-0.2, -0.15) is 26.3 Å². The van der Waals surface area contributed by atoms with E-state index >= 15 is 0 Å². The molecule has 14 heteroatoms. The monoisotopic (exact) mass is 655 g/mol. The zero-order valence-corrected chi connectivity index (χ0v) is 23.8. The summed E-state index contributed by atoms with van der Waals surface area (Å²) in [4.78, 5) is 26.8. The highest BCUT2D eigenvalue weighted by Gasteiger charge is 2.39. The van der Waals surface area contributed by atoms with Crippen molar-refractivity contribution in [3.05, 3.63) is 105 Å². The number of rotatable bonds is 9. The number of carbonyl (C=O) groups excluding carboxylic acids is 1. The number of benzene rings is 3. The number of hydrogen-bond acceptors (Lipinski definition) is 4.